The van der Waals surface area contributed by atoms with Crippen LogP contribution in [0.25, 0.3) is 0 Å². The van der Waals surface area contributed by atoms with E-state index in [4.69, 9.17) is 4.84 Å². The molecule has 2 heteroatoms. The van der Waals surface area contributed by atoms with Crippen LogP contribution in [0.4, 0.5) is 0 Å². The number of nitrogens with zero attached hydrogens (tertiary/aromatic N) is 1. The van der Waals surface area contributed by atoms with Gasteiger partial charge in [0.15, 0.2) is 0 Å². The molecule has 1 aliphatic rings. The Kier molecular flexibility index (Phi) is 1.02. The summed E-state index contributed by atoms with van der Waals surface area (Å²) in [5.41, 5.74) is 0. The van der Waals surface area contributed by atoms with Crippen molar-refractivity contribution >= 4 is 0 Å². The highest BCUT2D eigenvalue weighted by molar-refractivity contribution is 4.79. The zero-order valence-electron chi connectivity index (χ0n) is 4.51. The van der Waals surface area contributed by atoms with E-state index in [2.05, 4.69) is 6.08 Å². The van der Waals surface area contributed by atoms with Gasteiger partial charge in [0.25, 0.3) is 0 Å². The van der Waals surface area contributed by atoms with E-state index in [1.165, 1.54) is 0 Å². The van der Waals surface area contributed by atoms with Gasteiger partial charge >= 0.3 is 0 Å². The van der Waals surface area contributed by atoms with Crippen molar-refractivity contribution in [3.05, 3.63) is 12.3 Å². The van der Waals surface area contributed by atoms with Crippen LogP contribution in [0.15, 0.2) is 6.20 Å². The Balaban J connectivity index is 2.42. The molecule has 0 aromatic carbocycles. The molecule has 0 aliphatic carbocycles. The highest BCUT2D eigenvalue weighted by Gasteiger charge is 2.06. The van der Waals surface area contributed by atoms with Crippen molar-refractivity contribution < 1.29 is 4.84 Å². The second-order valence-electron chi connectivity index (χ2n) is 1.59. The fraction of sp³-hybridized carbons (Fsp3) is 0.600. The van der Waals surface area contributed by atoms with Gasteiger partial charge in [-0.25, -0.2) is 0 Å². The van der Waals surface area contributed by atoms with Gasteiger partial charge in [0.1, 0.15) is 6.10 Å². The van der Waals surface area contributed by atoms with Crippen LogP contribution in [-0.2, 0) is 4.84 Å². The van der Waals surface area contributed by atoms with Crippen molar-refractivity contribution in [2.24, 2.45) is 0 Å². The summed E-state index contributed by atoms with van der Waals surface area (Å²) in [6.45, 7) is 1.94. The molecule has 0 spiro atoms. The Labute approximate surface area is 43.3 Å². The summed E-state index contributed by atoms with van der Waals surface area (Å²) in [6.07, 6.45) is 4.87. The van der Waals surface area contributed by atoms with E-state index in [1.54, 1.807) is 11.3 Å². The van der Waals surface area contributed by atoms with E-state index in [0.29, 0.717) is 0 Å². The minimum absolute atomic E-state index is 0.144. The molecular weight excluding hydrogens is 90.1 g/mol. The third-order valence-corrected chi connectivity index (χ3v) is 0.815. The summed E-state index contributed by atoms with van der Waals surface area (Å²) in [5, 5.41) is 1.64. The molecule has 7 heavy (non-hydrogen) atoms. The molecule has 1 heterocycles. The number of hydrogen-bond acceptors (Lipinski definition) is 2. The van der Waals surface area contributed by atoms with E-state index in [-0.39, 0.29) is 6.10 Å². The lowest BCUT2D eigenvalue weighted by Gasteiger charge is -2.07. The van der Waals surface area contributed by atoms with E-state index in [9.17, 15) is 0 Å². The maximum absolute atomic E-state index is 5.03. The zero-order valence-corrected chi connectivity index (χ0v) is 4.51. The molecule has 1 unspecified atom stereocenters. The predicted molar refractivity (Wildman–Crippen MR) is 26.1 cm³/mol. The fourth-order valence-electron chi connectivity index (χ4n) is 0.520. The zero-order chi connectivity index (χ0) is 5.28. The van der Waals surface area contributed by atoms with E-state index >= 15 is 0 Å². The Morgan fingerprint density at radius 3 is 2.71 bits per heavy atom. The summed E-state index contributed by atoms with van der Waals surface area (Å²) in [5.74, 6) is 0. The first-order chi connectivity index (χ1) is 3.29. The summed E-state index contributed by atoms with van der Waals surface area (Å²) >= 11 is 0. The minimum Gasteiger partial charge on any atom is -0.266 e. The Hall–Kier alpha value is -0.500. The van der Waals surface area contributed by atoms with Crippen LogP contribution in [0.3, 0.4) is 0 Å². The minimum atomic E-state index is 0.144. The summed E-state index contributed by atoms with van der Waals surface area (Å²) < 4.78 is 0. The SMILES string of the molecule is CC1[C]=CN(C)O1. The second-order valence-corrected chi connectivity index (χ2v) is 1.59. The normalized spacial score (nSPS) is 29.4. The molecule has 1 rings (SSSR count). The first-order valence-electron chi connectivity index (χ1n) is 2.28. The maximum atomic E-state index is 5.03. The number of hydroxylamine groups is 2. The standard InChI is InChI=1S/C5H8NO/c1-5-3-4-6(2)7-5/h4-5H,1-2H3. The maximum Gasteiger partial charge on any atom is 0.110 e. The van der Waals surface area contributed by atoms with Crippen LogP contribution < -0.4 is 0 Å². The van der Waals surface area contributed by atoms with Gasteiger partial charge in [-0.3, -0.25) is 9.90 Å². The molecule has 0 saturated heterocycles. The van der Waals surface area contributed by atoms with Crippen molar-refractivity contribution in [1.82, 2.24) is 5.06 Å². The van der Waals surface area contributed by atoms with E-state index in [0.717, 1.165) is 0 Å². The smallest absolute Gasteiger partial charge is 0.110 e. The third kappa shape index (κ3) is 0.933. The molecule has 1 aliphatic heterocycles. The van der Waals surface area contributed by atoms with Gasteiger partial charge in [0, 0.05) is 19.3 Å². The average molecular weight is 98.1 g/mol. The van der Waals surface area contributed by atoms with Crippen LogP contribution in [-0.4, -0.2) is 18.2 Å². The summed E-state index contributed by atoms with van der Waals surface area (Å²) in [6, 6.07) is 0. The molecule has 0 saturated carbocycles. The van der Waals surface area contributed by atoms with Gasteiger partial charge in [-0.15, -0.1) is 0 Å². The summed E-state index contributed by atoms with van der Waals surface area (Å²) in [4.78, 5) is 5.03. The lowest BCUT2D eigenvalue weighted by Crippen LogP contribution is -2.09. The lowest BCUT2D eigenvalue weighted by atomic mass is 10.4. The predicted octanol–water partition coefficient (Wildman–Crippen LogP) is 0.569. The van der Waals surface area contributed by atoms with Crippen molar-refractivity contribution in [3.8, 4) is 0 Å². The molecule has 39 valence electrons. The highest BCUT2D eigenvalue weighted by Crippen LogP contribution is 2.03. The monoisotopic (exact) mass is 98.1 g/mol. The van der Waals surface area contributed by atoms with Crippen LogP contribution >= 0.6 is 0 Å². The topological polar surface area (TPSA) is 12.5 Å². The van der Waals surface area contributed by atoms with Gasteiger partial charge < -0.3 is 0 Å². The van der Waals surface area contributed by atoms with Crippen molar-refractivity contribution in [1.29, 1.82) is 0 Å². The van der Waals surface area contributed by atoms with Crippen molar-refractivity contribution in [2.45, 2.75) is 13.0 Å². The van der Waals surface area contributed by atoms with Crippen LogP contribution in [0, 0.1) is 6.08 Å². The quantitative estimate of drug-likeness (QED) is 0.439. The second kappa shape index (κ2) is 1.54. The number of hydrogen-bond donors (Lipinski definition) is 0. The highest BCUT2D eigenvalue weighted by atomic mass is 16.7. The van der Waals surface area contributed by atoms with Gasteiger partial charge in [-0.2, -0.15) is 0 Å². The van der Waals surface area contributed by atoms with Crippen LogP contribution in [0.5, 0.6) is 0 Å². The molecule has 1 atom stereocenters. The third-order valence-electron chi connectivity index (χ3n) is 0.815. The van der Waals surface area contributed by atoms with Gasteiger partial charge in [-0.1, -0.05) is 0 Å². The van der Waals surface area contributed by atoms with Crippen molar-refractivity contribution in [2.75, 3.05) is 7.05 Å². The Bertz CT molecular complexity index is 80.1. The molecule has 0 fully saturated rings. The van der Waals surface area contributed by atoms with Gasteiger partial charge in [0.05, 0.1) is 0 Å². The number of rotatable bonds is 0. The van der Waals surface area contributed by atoms with E-state index in [1.807, 2.05) is 14.0 Å². The first kappa shape index (κ1) is 4.65. The molecule has 0 aromatic rings. The summed E-state index contributed by atoms with van der Waals surface area (Å²) in [7, 11) is 1.84. The average Bonchev–Trinajstić information content (AvgIpc) is 1.87. The molecular formula is C5H8NO. The Morgan fingerprint density at radius 1 is 1.86 bits per heavy atom. The van der Waals surface area contributed by atoms with Crippen LogP contribution in [0.1, 0.15) is 6.92 Å². The molecule has 0 N–H and O–H groups in total. The fourth-order valence-corrected chi connectivity index (χ4v) is 0.520. The van der Waals surface area contributed by atoms with Gasteiger partial charge in [0.2, 0.25) is 0 Å². The van der Waals surface area contributed by atoms with Gasteiger partial charge in [-0.05, 0) is 6.92 Å². The molecule has 0 amide bonds. The van der Waals surface area contributed by atoms with Crippen molar-refractivity contribution in [3.63, 3.8) is 0 Å². The molecule has 1 radical (unpaired) electrons. The van der Waals surface area contributed by atoms with Crippen LogP contribution in [0.2, 0.25) is 0 Å². The Morgan fingerprint density at radius 2 is 2.57 bits per heavy atom. The first-order valence-corrected chi connectivity index (χ1v) is 2.28. The molecule has 0 aromatic heterocycles. The molecule has 0 bridgehead atoms. The van der Waals surface area contributed by atoms with E-state index < -0.39 is 0 Å². The lowest BCUT2D eigenvalue weighted by molar-refractivity contribution is -0.105. The largest absolute Gasteiger partial charge is 0.266 e. The molecule has 2 nitrogen and oxygen atoms in total.